The standard InChI is InChI=1S/C12H22N2O5S/c1-3-14(6-4-11(16)17)8-10(15)13-12(2)5-7-20(18,19)9-12/h3-9H2,1-2H3,(H,13,15)(H,16,17). The van der Waals surface area contributed by atoms with Gasteiger partial charge in [0.25, 0.3) is 0 Å². The van der Waals surface area contributed by atoms with Gasteiger partial charge in [0.2, 0.25) is 5.91 Å². The first-order chi connectivity index (χ1) is 9.16. The van der Waals surface area contributed by atoms with E-state index in [1.165, 1.54) is 0 Å². The van der Waals surface area contributed by atoms with Gasteiger partial charge in [0.15, 0.2) is 9.84 Å². The second-order valence-electron chi connectivity index (χ2n) is 5.46. The lowest BCUT2D eigenvalue weighted by Crippen LogP contribution is -2.50. The first-order valence-corrected chi connectivity index (χ1v) is 8.43. The zero-order chi connectivity index (χ0) is 15.4. The maximum Gasteiger partial charge on any atom is 0.304 e. The Labute approximate surface area is 119 Å². The Hall–Kier alpha value is -1.15. The molecule has 7 nitrogen and oxygen atoms in total. The van der Waals surface area contributed by atoms with E-state index in [9.17, 15) is 18.0 Å². The molecule has 1 unspecified atom stereocenters. The van der Waals surface area contributed by atoms with E-state index in [4.69, 9.17) is 5.11 Å². The SMILES string of the molecule is CCN(CCC(=O)O)CC(=O)NC1(C)CCS(=O)(=O)C1. The van der Waals surface area contributed by atoms with E-state index in [1.807, 2.05) is 6.92 Å². The fourth-order valence-corrected chi connectivity index (χ4v) is 4.38. The molecule has 1 saturated heterocycles. The molecule has 0 aliphatic carbocycles. The minimum absolute atomic E-state index is 0.0211. The van der Waals surface area contributed by atoms with Gasteiger partial charge in [-0.1, -0.05) is 6.92 Å². The van der Waals surface area contributed by atoms with Gasteiger partial charge in [0.1, 0.15) is 0 Å². The molecule has 1 fully saturated rings. The number of carbonyl (C=O) groups excluding carboxylic acids is 1. The Morgan fingerprint density at radius 2 is 2.05 bits per heavy atom. The van der Waals surface area contributed by atoms with Crippen LogP contribution < -0.4 is 5.32 Å². The van der Waals surface area contributed by atoms with Crippen molar-refractivity contribution in [2.24, 2.45) is 0 Å². The summed E-state index contributed by atoms with van der Waals surface area (Å²) in [5, 5.41) is 11.4. The van der Waals surface area contributed by atoms with Crippen LogP contribution in [0.15, 0.2) is 0 Å². The Kier molecular flexibility index (Phi) is 5.52. The van der Waals surface area contributed by atoms with Gasteiger partial charge in [-0.2, -0.15) is 0 Å². The van der Waals surface area contributed by atoms with E-state index < -0.39 is 21.3 Å². The van der Waals surface area contributed by atoms with Gasteiger partial charge in [-0.3, -0.25) is 14.5 Å². The van der Waals surface area contributed by atoms with Crippen LogP contribution >= 0.6 is 0 Å². The number of sulfone groups is 1. The number of hydrogen-bond donors (Lipinski definition) is 2. The van der Waals surface area contributed by atoms with Crippen LogP contribution in [0.1, 0.15) is 26.7 Å². The summed E-state index contributed by atoms with van der Waals surface area (Å²) in [6, 6.07) is 0. The van der Waals surface area contributed by atoms with Gasteiger partial charge in [0.05, 0.1) is 30.0 Å². The smallest absolute Gasteiger partial charge is 0.304 e. The fourth-order valence-electron chi connectivity index (χ4n) is 2.29. The highest BCUT2D eigenvalue weighted by Gasteiger charge is 2.39. The highest BCUT2D eigenvalue weighted by atomic mass is 32.2. The minimum Gasteiger partial charge on any atom is -0.481 e. The monoisotopic (exact) mass is 306 g/mol. The third-order valence-electron chi connectivity index (χ3n) is 3.40. The molecule has 8 heteroatoms. The molecule has 1 amide bonds. The predicted molar refractivity (Wildman–Crippen MR) is 74.2 cm³/mol. The Bertz CT molecular complexity index is 476. The lowest BCUT2D eigenvalue weighted by Gasteiger charge is -2.26. The van der Waals surface area contributed by atoms with Crippen molar-refractivity contribution in [3.63, 3.8) is 0 Å². The number of carbonyl (C=O) groups is 2. The van der Waals surface area contributed by atoms with Gasteiger partial charge in [-0.25, -0.2) is 8.42 Å². The quantitative estimate of drug-likeness (QED) is 0.656. The maximum atomic E-state index is 11.9. The summed E-state index contributed by atoms with van der Waals surface area (Å²) in [5.74, 6) is -1.11. The topological polar surface area (TPSA) is 104 Å². The highest BCUT2D eigenvalue weighted by molar-refractivity contribution is 7.91. The van der Waals surface area contributed by atoms with Crippen molar-refractivity contribution >= 4 is 21.7 Å². The average molecular weight is 306 g/mol. The predicted octanol–water partition coefficient (Wildman–Crippen LogP) is -0.524. The van der Waals surface area contributed by atoms with Crippen molar-refractivity contribution in [2.45, 2.75) is 32.2 Å². The molecule has 20 heavy (non-hydrogen) atoms. The van der Waals surface area contributed by atoms with Crippen molar-refractivity contribution in [3.8, 4) is 0 Å². The van der Waals surface area contributed by atoms with Crippen LogP contribution in [0.4, 0.5) is 0 Å². The van der Waals surface area contributed by atoms with Crippen LogP contribution in [0, 0.1) is 0 Å². The van der Waals surface area contributed by atoms with Crippen molar-refractivity contribution in [1.29, 1.82) is 0 Å². The van der Waals surface area contributed by atoms with E-state index in [0.717, 1.165) is 0 Å². The molecule has 0 bridgehead atoms. The lowest BCUT2D eigenvalue weighted by molar-refractivity contribution is -0.137. The summed E-state index contributed by atoms with van der Waals surface area (Å²) in [6.07, 6.45) is 0.398. The number of aliphatic carboxylic acids is 1. The average Bonchev–Trinajstić information content (AvgIpc) is 2.58. The molecule has 1 rings (SSSR count). The van der Waals surface area contributed by atoms with Crippen LogP contribution in [0.5, 0.6) is 0 Å². The van der Waals surface area contributed by atoms with Crippen LogP contribution in [0.2, 0.25) is 0 Å². The molecule has 2 N–H and O–H groups in total. The van der Waals surface area contributed by atoms with Gasteiger partial charge >= 0.3 is 5.97 Å². The molecule has 0 aromatic carbocycles. The molecule has 1 heterocycles. The third kappa shape index (κ3) is 5.46. The first-order valence-electron chi connectivity index (χ1n) is 6.61. The number of carboxylic acid groups (broad SMARTS) is 1. The highest BCUT2D eigenvalue weighted by Crippen LogP contribution is 2.22. The Morgan fingerprint density at radius 3 is 2.50 bits per heavy atom. The molecule has 1 atom stereocenters. The van der Waals surface area contributed by atoms with E-state index in [1.54, 1.807) is 11.8 Å². The van der Waals surface area contributed by atoms with Gasteiger partial charge in [-0.15, -0.1) is 0 Å². The van der Waals surface area contributed by atoms with Crippen LogP contribution in [0.25, 0.3) is 0 Å². The van der Waals surface area contributed by atoms with Crippen LogP contribution in [-0.4, -0.2) is 67.0 Å². The summed E-state index contributed by atoms with van der Waals surface area (Å²) in [7, 11) is -3.06. The largest absolute Gasteiger partial charge is 0.481 e. The van der Waals surface area contributed by atoms with Gasteiger partial charge in [0, 0.05) is 6.54 Å². The molecule has 0 saturated carbocycles. The van der Waals surface area contributed by atoms with Crippen molar-refractivity contribution in [2.75, 3.05) is 31.1 Å². The molecule has 0 spiro atoms. The summed E-state index contributed by atoms with van der Waals surface area (Å²) >= 11 is 0. The van der Waals surface area contributed by atoms with Crippen molar-refractivity contribution in [3.05, 3.63) is 0 Å². The van der Waals surface area contributed by atoms with Crippen molar-refractivity contribution < 1.29 is 23.1 Å². The summed E-state index contributed by atoms with van der Waals surface area (Å²) in [4.78, 5) is 24.2. The number of hydrogen-bond acceptors (Lipinski definition) is 5. The summed E-state index contributed by atoms with van der Waals surface area (Å²) < 4.78 is 22.9. The molecule has 0 aromatic rings. The maximum absolute atomic E-state index is 11.9. The summed E-state index contributed by atoms with van der Waals surface area (Å²) in [5.41, 5.74) is -0.706. The van der Waals surface area contributed by atoms with Crippen LogP contribution in [-0.2, 0) is 19.4 Å². The number of nitrogens with one attached hydrogen (secondary N) is 1. The first kappa shape index (κ1) is 16.9. The van der Waals surface area contributed by atoms with Crippen LogP contribution in [0.3, 0.4) is 0 Å². The molecule has 0 radical (unpaired) electrons. The second-order valence-corrected chi connectivity index (χ2v) is 7.65. The molecule has 0 aromatic heterocycles. The zero-order valence-corrected chi connectivity index (χ0v) is 12.7. The van der Waals surface area contributed by atoms with Gasteiger partial charge in [-0.05, 0) is 19.9 Å². The Morgan fingerprint density at radius 1 is 1.40 bits per heavy atom. The van der Waals surface area contributed by atoms with E-state index in [0.29, 0.717) is 19.5 Å². The van der Waals surface area contributed by atoms with E-state index in [2.05, 4.69) is 5.32 Å². The van der Waals surface area contributed by atoms with E-state index in [-0.39, 0.29) is 30.4 Å². The molecule has 1 aliphatic heterocycles. The molecular formula is C12H22N2O5S. The normalized spacial score (nSPS) is 24.8. The summed E-state index contributed by atoms with van der Waals surface area (Å²) in [6.45, 7) is 4.52. The molecule has 1 aliphatic rings. The molecule has 116 valence electrons. The number of carboxylic acids is 1. The number of nitrogens with zero attached hydrogens (tertiary/aromatic N) is 1. The second kappa shape index (κ2) is 6.53. The zero-order valence-electron chi connectivity index (χ0n) is 11.9. The van der Waals surface area contributed by atoms with Gasteiger partial charge < -0.3 is 10.4 Å². The van der Waals surface area contributed by atoms with Crippen molar-refractivity contribution in [1.82, 2.24) is 10.2 Å². The third-order valence-corrected chi connectivity index (χ3v) is 5.30. The number of likely N-dealkylation sites (N-methyl/N-ethyl adjacent to an activating group) is 1. The number of amides is 1. The fraction of sp³-hybridized carbons (Fsp3) is 0.833. The number of rotatable bonds is 7. The molecular weight excluding hydrogens is 284 g/mol. The lowest BCUT2D eigenvalue weighted by atomic mass is 10.0. The minimum atomic E-state index is -3.06. The van der Waals surface area contributed by atoms with E-state index >= 15 is 0 Å². The Balaban J connectivity index is 2.48.